The van der Waals surface area contributed by atoms with Gasteiger partial charge in [0.2, 0.25) is 0 Å². The SMILES string of the molecule is CCCCCCCCCCCCCCCOCCOCCOCCOCCOCCOCCNC(=O)OCc1ccccc1. The summed E-state index contributed by atoms with van der Waals surface area (Å²) in [7, 11) is 0. The van der Waals surface area contributed by atoms with E-state index in [1.54, 1.807) is 0 Å². The van der Waals surface area contributed by atoms with Gasteiger partial charge in [-0.05, 0) is 12.0 Å². The van der Waals surface area contributed by atoms with Gasteiger partial charge in [0.25, 0.3) is 0 Å². The quantitative estimate of drug-likeness (QED) is 0.0811. The monoisotopic (exact) mass is 625 g/mol. The maximum atomic E-state index is 11.6. The third kappa shape index (κ3) is 30.3. The van der Waals surface area contributed by atoms with Crippen molar-refractivity contribution in [2.45, 2.75) is 97.0 Å². The lowest BCUT2D eigenvalue weighted by atomic mass is 10.0. The van der Waals surface area contributed by atoms with Gasteiger partial charge >= 0.3 is 6.09 Å². The van der Waals surface area contributed by atoms with Crippen LogP contribution in [-0.4, -0.2) is 91.9 Å². The molecule has 0 atom stereocenters. The lowest BCUT2D eigenvalue weighted by Crippen LogP contribution is -2.28. The van der Waals surface area contributed by atoms with Crippen LogP contribution in [0.25, 0.3) is 0 Å². The Labute approximate surface area is 268 Å². The molecule has 1 N–H and O–H groups in total. The molecule has 0 saturated heterocycles. The Hall–Kier alpha value is -1.75. The van der Waals surface area contributed by atoms with Crippen molar-refractivity contribution in [2.75, 3.05) is 85.8 Å². The molecule has 0 heterocycles. The van der Waals surface area contributed by atoms with E-state index in [0.29, 0.717) is 79.2 Å². The first kappa shape index (κ1) is 40.3. The second kappa shape index (κ2) is 34.1. The van der Waals surface area contributed by atoms with Crippen molar-refractivity contribution in [2.24, 2.45) is 0 Å². The van der Waals surface area contributed by atoms with E-state index in [4.69, 9.17) is 33.2 Å². The van der Waals surface area contributed by atoms with Crippen LogP contribution in [0.2, 0.25) is 0 Å². The number of amides is 1. The highest BCUT2D eigenvalue weighted by Gasteiger charge is 2.02. The number of carbonyl (C=O) groups excluding carboxylic acids is 1. The number of unbranched alkanes of at least 4 members (excludes halogenated alkanes) is 12. The lowest BCUT2D eigenvalue weighted by molar-refractivity contribution is -0.0167. The smallest absolute Gasteiger partial charge is 0.407 e. The van der Waals surface area contributed by atoms with Gasteiger partial charge in [-0.1, -0.05) is 114 Å². The molecule has 1 aromatic rings. The van der Waals surface area contributed by atoms with E-state index in [2.05, 4.69) is 12.2 Å². The molecule has 0 radical (unpaired) electrons. The molecule has 0 aliphatic heterocycles. The van der Waals surface area contributed by atoms with Gasteiger partial charge in [-0.15, -0.1) is 0 Å². The fraction of sp³-hybridized carbons (Fsp3) is 0.800. The molecule has 9 nitrogen and oxygen atoms in total. The molecule has 0 aliphatic rings. The zero-order valence-electron chi connectivity index (χ0n) is 27.7. The Kier molecular flexibility index (Phi) is 31.2. The summed E-state index contributed by atoms with van der Waals surface area (Å²) in [6.07, 6.45) is 17.3. The van der Waals surface area contributed by atoms with Crippen molar-refractivity contribution in [3.63, 3.8) is 0 Å². The summed E-state index contributed by atoms with van der Waals surface area (Å²) in [5.41, 5.74) is 0.948. The Balaban J connectivity index is 1.64. The third-order valence-corrected chi connectivity index (χ3v) is 6.98. The van der Waals surface area contributed by atoms with Crippen LogP contribution in [0.4, 0.5) is 4.79 Å². The molecular formula is C35H63NO8. The highest BCUT2D eigenvalue weighted by Crippen LogP contribution is 2.12. The second-order valence-corrected chi connectivity index (χ2v) is 10.9. The molecule has 0 fully saturated rings. The van der Waals surface area contributed by atoms with Crippen LogP contribution in [0, 0.1) is 0 Å². The number of benzene rings is 1. The molecule has 0 aromatic heterocycles. The van der Waals surface area contributed by atoms with E-state index in [0.717, 1.165) is 18.6 Å². The van der Waals surface area contributed by atoms with Gasteiger partial charge in [0.1, 0.15) is 6.61 Å². The van der Waals surface area contributed by atoms with E-state index in [1.165, 1.54) is 77.0 Å². The minimum Gasteiger partial charge on any atom is -0.445 e. The van der Waals surface area contributed by atoms with Crippen molar-refractivity contribution < 1.29 is 38.0 Å². The summed E-state index contributed by atoms with van der Waals surface area (Å²) in [5.74, 6) is 0. The minimum atomic E-state index is -0.456. The highest BCUT2D eigenvalue weighted by molar-refractivity contribution is 5.67. The maximum absolute atomic E-state index is 11.6. The van der Waals surface area contributed by atoms with E-state index < -0.39 is 6.09 Å². The first-order chi connectivity index (χ1) is 21.8. The van der Waals surface area contributed by atoms with E-state index >= 15 is 0 Å². The van der Waals surface area contributed by atoms with E-state index in [9.17, 15) is 4.79 Å². The van der Waals surface area contributed by atoms with Crippen LogP contribution in [-0.2, 0) is 39.8 Å². The number of carbonyl (C=O) groups is 1. The zero-order chi connectivity index (χ0) is 31.4. The number of alkyl carbamates (subject to hydrolysis) is 1. The van der Waals surface area contributed by atoms with Gasteiger partial charge in [0.05, 0.1) is 72.7 Å². The molecule has 0 bridgehead atoms. The molecule has 256 valence electrons. The Bertz CT molecular complexity index is 709. The Morgan fingerprint density at radius 1 is 0.500 bits per heavy atom. The fourth-order valence-electron chi connectivity index (χ4n) is 4.42. The topological polar surface area (TPSA) is 93.7 Å². The predicted octanol–water partition coefficient (Wildman–Crippen LogP) is 7.10. The average Bonchev–Trinajstić information content (AvgIpc) is 3.04. The number of hydrogen-bond donors (Lipinski definition) is 1. The second-order valence-electron chi connectivity index (χ2n) is 10.9. The van der Waals surface area contributed by atoms with Gasteiger partial charge in [-0.2, -0.15) is 0 Å². The van der Waals surface area contributed by atoms with Gasteiger partial charge in [0, 0.05) is 13.2 Å². The first-order valence-electron chi connectivity index (χ1n) is 17.2. The van der Waals surface area contributed by atoms with Crippen molar-refractivity contribution in [1.82, 2.24) is 5.32 Å². The standard InChI is InChI=1S/C35H63NO8/c1-2-3-4-5-6-7-8-9-10-11-12-13-17-21-38-23-25-40-27-29-42-31-32-43-30-28-41-26-24-39-22-20-36-35(37)44-33-34-18-15-14-16-19-34/h14-16,18-19H,2-13,17,20-33H2,1H3,(H,36,37). The predicted molar refractivity (Wildman–Crippen MR) is 175 cm³/mol. The summed E-state index contributed by atoms with van der Waals surface area (Å²) < 4.78 is 38.2. The normalized spacial score (nSPS) is 11.2. The fourth-order valence-corrected chi connectivity index (χ4v) is 4.42. The first-order valence-corrected chi connectivity index (χ1v) is 17.2. The van der Waals surface area contributed by atoms with E-state index in [1.807, 2.05) is 30.3 Å². The van der Waals surface area contributed by atoms with Crippen LogP contribution in [0.3, 0.4) is 0 Å². The summed E-state index contributed by atoms with van der Waals surface area (Å²) in [6.45, 7) is 9.49. The average molecular weight is 626 g/mol. The van der Waals surface area contributed by atoms with Crippen molar-refractivity contribution in [3.05, 3.63) is 35.9 Å². The Morgan fingerprint density at radius 3 is 1.34 bits per heavy atom. The molecule has 1 amide bonds. The van der Waals surface area contributed by atoms with E-state index in [-0.39, 0.29) is 6.61 Å². The molecule has 1 rings (SSSR count). The summed E-state index contributed by atoms with van der Waals surface area (Å²) in [6, 6.07) is 9.55. The summed E-state index contributed by atoms with van der Waals surface area (Å²) in [5, 5.41) is 2.65. The van der Waals surface area contributed by atoms with Crippen LogP contribution >= 0.6 is 0 Å². The molecule has 1 aromatic carbocycles. The maximum Gasteiger partial charge on any atom is 0.407 e. The molecule has 0 saturated carbocycles. The van der Waals surface area contributed by atoms with Crippen LogP contribution < -0.4 is 5.32 Å². The van der Waals surface area contributed by atoms with Gasteiger partial charge in [0.15, 0.2) is 0 Å². The molecule has 0 spiro atoms. The molecule has 0 aliphatic carbocycles. The molecule has 44 heavy (non-hydrogen) atoms. The number of rotatable bonds is 34. The van der Waals surface area contributed by atoms with Crippen LogP contribution in [0.15, 0.2) is 30.3 Å². The highest BCUT2D eigenvalue weighted by atomic mass is 16.6. The van der Waals surface area contributed by atoms with Gasteiger partial charge in [-0.3, -0.25) is 0 Å². The number of hydrogen-bond acceptors (Lipinski definition) is 8. The summed E-state index contributed by atoms with van der Waals surface area (Å²) in [4.78, 5) is 11.6. The van der Waals surface area contributed by atoms with Crippen LogP contribution in [0.5, 0.6) is 0 Å². The zero-order valence-corrected chi connectivity index (χ0v) is 27.7. The van der Waals surface area contributed by atoms with Gasteiger partial charge < -0.3 is 38.5 Å². The molecular weight excluding hydrogens is 562 g/mol. The molecule has 9 heteroatoms. The number of nitrogens with one attached hydrogen (secondary N) is 1. The molecule has 0 unspecified atom stereocenters. The van der Waals surface area contributed by atoms with Gasteiger partial charge in [-0.25, -0.2) is 4.79 Å². The summed E-state index contributed by atoms with van der Waals surface area (Å²) >= 11 is 0. The lowest BCUT2D eigenvalue weighted by Gasteiger charge is -2.09. The Morgan fingerprint density at radius 2 is 0.886 bits per heavy atom. The largest absolute Gasteiger partial charge is 0.445 e. The number of ether oxygens (including phenoxy) is 7. The van der Waals surface area contributed by atoms with Crippen molar-refractivity contribution in [1.29, 1.82) is 0 Å². The third-order valence-electron chi connectivity index (χ3n) is 6.98. The van der Waals surface area contributed by atoms with Crippen molar-refractivity contribution in [3.8, 4) is 0 Å². The van der Waals surface area contributed by atoms with Crippen molar-refractivity contribution >= 4 is 6.09 Å². The van der Waals surface area contributed by atoms with Crippen LogP contribution in [0.1, 0.15) is 96.0 Å². The minimum absolute atomic E-state index is 0.249.